The van der Waals surface area contributed by atoms with Gasteiger partial charge >= 0.3 is 0 Å². The van der Waals surface area contributed by atoms with E-state index in [9.17, 15) is 0 Å². The highest BCUT2D eigenvalue weighted by atomic mass is 35.5. The van der Waals surface area contributed by atoms with Gasteiger partial charge in [-0.05, 0) is 38.6 Å². The largest absolute Gasteiger partial charge is 0.318 e. The Balaban J connectivity index is 2.09. The molecule has 1 fully saturated rings. The van der Waals surface area contributed by atoms with E-state index in [4.69, 9.17) is 23.2 Å². The molecule has 0 spiro atoms. The molecule has 1 aromatic carbocycles. The zero-order valence-electron chi connectivity index (χ0n) is 10.0. The minimum Gasteiger partial charge on any atom is -0.318 e. The lowest BCUT2D eigenvalue weighted by Gasteiger charge is -2.25. The van der Waals surface area contributed by atoms with Gasteiger partial charge in [-0.3, -0.25) is 4.90 Å². The molecule has 1 unspecified atom stereocenters. The van der Waals surface area contributed by atoms with Crippen molar-refractivity contribution in [2.75, 3.05) is 20.1 Å². The van der Waals surface area contributed by atoms with Crippen molar-refractivity contribution < 1.29 is 0 Å². The normalized spacial score (nSPS) is 21.0. The predicted molar refractivity (Wildman–Crippen MR) is 73.8 cm³/mol. The van der Waals surface area contributed by atoms with Crippen molar-refractivity contribution >= 4 is 23.2 Å². The highest BCUT2D eigenvalue weighted by molar-refractivity contribution is 6.35. The Hall–Kier alpha value is -0.280. The van der Waals surface area contributed by atoms with Crippen LogP contribution >= 0.6 is 23.2 Å². The van der Waals surface area contributed by atoms with Gasteiger partial charge < -0.3 is 5.32 Å². The number of hydrogen-bond acceptors (Lipinski definition) is 2. The molecule has 94 valence electrons. The van der Waals surface area contributed by atoms with Crippen LogP contribution in [0.4, 0.5) is 0 Å². The van der Waals surface area contributed by atoms with Crippen molar-refractivity contribution in [2.45, 2.75) is 25.4 Å². The maximum Gasteiger partial charge on any atom is 0.0465 e. The van der Waals surface area contributed by atoms with E-state index < -0.39 is 0 Å². The first-order chi connectivity index (χ1) is 8.22. The molecule has 4 heteroatoms. The van der Waals surface area contributed by atoms with E-state index in [1.165, 1.54) is 12.8 Å². The summed E-state index contributed by atoms with van der Waals surface area (Å²) >= 11 is 12.4. The van der Waals surface area contributed by atoms with Crippen LogP contribution in [0.2, 0.25) is 10.0 Å². The summed E-state index contributed by atoms with van der Waals surface area (Å²) < 4.78 is 0. The van der Waals surface area contributed by atoms with Crippen LogP contribution in [0.15, 0.2) is 18.2 Å². The fourth-order valence-electron chi connectivity index (χ4n) is 2.46. The third-order valence-electron chi connectivity index (χ3n) is 3.36. The summed E-state index contributed by atoms with van der Waals surface area (Å²) in [5.74, 6) is 0. The van der Waals surface area contributed by atoms with E-state index in [1.807, 2.05) is 25.2 Å². The summed E-state index contributed by atoms with van der Waals surface area (Å²) in [7, 11) is 2.00. The predicted octanol–water partition coefficient (Wildman–Crippen LogP) is 3.18. The molecule has 17 heavy (non-hydrogen) atoms. The number of nitrogens with zero attached hydrogens (tertiary/aromatic N) is 1. The third kappa shape index (κ3) is 3.14. The average molecular weight is 273 g/mol. The van der Waals surface area contributed by atoms with Crippen LogP contribution in [0, 0.1) is 0 Å². The molecule has 1 heterocycles. The summed E-state index contributed by atoms with van der Waals surface area (Å²) in [6.07, 6.45) is 2.51. The van der Waals surface area contributed by atoms with E-state index in [0.717, 1.165) is 35.2 Å². The van der Waals surface area contributed by atoms with Crippen LogP contribution in [-0.2, 0) is 6.54 Å². The molecule has 1 N–H and O–H groups in total. The number of likely N-dealkylation sites (tertiary alicyclic amines) is 1. The minimum absolute atomic E-state index is 0.604. The highest BCUT2D eigenvalue weighted by Gasteiger charge is 2.24. The first-order valence-electron chi connectivity index (χ1n) is 6.04. The molecule has 0 aliphatic carbocycles. The van der Waals surface area contributed by atoms with Crippen molar-refractivity contribution in [3.05, 3.63) is 33.8 Å². The molecular formula is C13H18Cl2N2. The first-order valence-corrected chi connectivity index (χ1v) is 6.79. The lowest BCUT2D eigenvalue weighted by atomic mass is 10.2. The molecule has 0 amide bonds. The van der Waals surface area contributed by atoms with Crippen LogP contribution in [0.25, 0.3) is 0 Å². The van der Waals surface area contributed by atoms with E-state index in [1.54, 1.807) is 0 Å². The second-order valence-electron chi connectivity index (χ2n) is 4.52. The maximum atomic E-state index is 6.21. The molecule has 2 rings (SSSR count). The number of likely N-dealkylation sites (N-methyl/N-ethyl adjacent to an activating group) is 1. The lowest BCUT2D eigenvalue weighted by molar-refractivity contribution is 0.242. The monoisotopic (exact) mass is 272 g/mol. The summed E-state index contributed by atoms with van der Waals surface area (Å²) in [6.45, 7) is 3.01. The van der Waals surface area contributed by atoms with Gasteiger partial charge in [0.25, 0.3) is 0 Å². The van der Waals surface area contributed by atoms with Gasteiger partial charge in [0.05, 0.1) is 0 Å². The Kier molecular flexibility index (Phi) is 4.69. The first kappa shape index (κ1) is 13.2. The Morgan fingerprint density at radius 2 is 2.06 bits per heavy atom. The highest BCUT2D eigenvalue weighted by Crippen LogP contribution is 2.28. The van der Waals surface area contributed by atoms with Crippen molar-refractivity contribution in [2.24, 2.45) is 0 Å². The number of benzene rings is 1. The Morgan fingerprint density at radius 3 is 2.71 bits per heavy atom. The summed E-state index contributed by atoms with van der Waals surface area (Å²) in [5, 5.41) is 4.79. The lowest BCUT2D eigenvalue weighted by Crippen LogP contribution is -2.36. The van der Waals surface area contributed by atoms with Crippen LogP contribution in [-0.4, -0.2) is 31.1 Å². The molecular weight excluding hydrogens is 255 g/mol. The molecule has 1 atom stereocenters. The van der Waals surface area contributed by atoms with Gasteiger partial charge in [0, 0.05) is 34.7 Å². The Bertz CT molecular complexity index is 361. The van der Waals surface area contributed by atoms with Crippen LogP contribution in [0.3, 0.4) is 0 Å². The van der Waals surface area contributed by atoms with Crippen molar-refractivity contribution in [1.29, 1.82) is 0 Å². The molecule has 0 aromatic heterocycles. The Morgan fingerprint density at radius 1 is 1.35 bits per heavy atom. The van der Waals surface area contributed by atoms with Gasteiger partial charge in [-0.25, -0.2) is 0 Å². The van der Waals surface area contributed by atoms with Crippen LogP contribution < -0.4 is 5.32 Å². The average Bonchev–Trinajstić information content (AvgIpc) is 2.72. The standard InChI is InChI=1S/C13H18Cl2N2/c1-16-8-10-4-3-7-17(10)9-11-12(14)5-2-6-13(11)15/h2,5-6,10,16H,3-4,7-9H2,1H3. The smallest absolute Gasteiger partial charge is 0.0465 e. The summed E-state index contributed by atoms with van der Waals surface area (Å²) in [4.78, 5) is 2.46. The van der Waals surface area contributed by atoms with E-state index in [0.29, 0.717) is 6.04 Å². The van der Waals surface area contributed by atoms with Gasteiger partial charge in [0.15, 0.2) is 0 Å². The minimum atomic E-state index is 0.604. The molecule has 0 radical (unpaired) electrons. The molecule has 1 aliphatic rings. The number of nitrogens with one attached hydrogen (secondary N) is 1. The van der Waals surface area contributed by atoms with E-state index in [-0.39, 0.29) is 0 Å². The van der Waals surface area contributed by atoms with Gasteiger partial charge in [-0.2, -0.15) is 0 Å². The molecule has 0 saturated carbocycles. The molecule has 2 nitrogen and oxygen atoms in total. The summed E-state index contributed by atoms with van der Waals surface area (Å²) in [6, 6.07) is 6.31. The van der Waals surface area contributed by atoms with Crippen molar-refractivity contribution in [3.63, 3.8) is 0 Å². The number of rotatable bonds is 4. The third-order valence-corrected chi connectivity index (χ3v) is 4.07. The maximum absolute atomic E-state index is 6.21. The van der Waals surface area contributed by atoms with E-state index >= 15 is 0 Å². The van der Waals surface area contributed by atoms with Crippen LogP contribution in [0.1, 0.15) is 18.4 Å². The zero-order valence-corrected chi connectivity index (χ0v) is 11.6. The van der Waals surface area contributed by atoms with Gasteiger partial charge in [-0.1, -0.05) is 29.3 Å². The van der Waals surface area contributed by atoms with Gasteiger partial charge in [0.2, 0.25) is 0 Å². The van der Waals surface area contributed by atoms with Gasteiger partial charge in [-0.15, -0.1) is 0 Å². The van der Waals surface area contributed by atoms with E-state index in [2.05, 4.69) is 10.2 Å². The van der Waals surface area contributed by atoms with Crippen molar-refractivity contribution in [1.82, 2.24) is 10.2 Å². The summed E-state index contributed by atoms with van der Waals surface area (Å²) in [5.41, 5.74) is 1.05. The topological polar surface area (TPSA) is 15.3 Å². The SMILES string of the molecule is CNCC1CCCN1Cc1c(Cl)cccc1Cl. The van der Waals surface area contributed by atoms with Crippen molar-refractivity contribution in [3.8, 4) is 0 Å². The molecule has 1 aliphatic heterocycles. The zero-order chi connectivity index (χ0) is 12.3. The number of hydrogen-bond donors (Lipinski definition) is 1. The quantitative estimate of drug-likeness (QED) is 0.906. The molecule has 1 aromatic rings. The fourth-order valence-corrected chi connectivity index (χ4v) is 2.97. The van der Waals surface area contributed by atoms with Gasteiger partial charge in [0.1, 0.15) is 0 Å². The van der Waals surface area contributed by atoms with Crippen LogP contribution in [0.5, 0.6) is 0 Å². The fraction of sp³-hybridized carbons (Fsp3) is 0.538. The number of halogens is 2. The second kappa shape index (κ2) is 6.05. The second-order valence-corrected chi connectivity index (χ2v) is 5.34. The Labute approximate surface area is 113 Å². The molecule has 0 bridgehead atoms. The molecule has 1 saturated heterocycles.